The Morgan fingerprint density at radius 2 is 1.86 bits per heavy atom. The summed E-state index contributed by atoms with van der Waals surface area (Å²) in [7, 11) is 0. The van der Waals surface area contributed by atoms with E-state index in [2.05, 4.69) is 10.4 Å². The number of ether oxygens (including phenoxy) is 1. The number of alkyl halides is 3. The van der Waals surface area contributed by atoms with Crippen LogP contribution in [0.5, 0.6) is 0 Å². The molecule has 2 aromatic heterocycles. The number of carbonyl (C=O) groups is 1. The van der Waals surface area contributed by atoms with Crippen LogP contribution in [0.15, 0.2) is 53.1 Å². The summed E-state index contributed by atoms with van der Waals surface area (Å²) in [6, 6.07) is 11.2. The van der Waals surface area contributed by atoms with Crippen molar-refractivity contribution in [3.05, 3.63) is 59.9 Å². The summed E-state index contributed by atoms with van der Waals surface area (Å²) in [6.45, 7) is 5.50. The first-order chi connectivity index (χ1) is 13.5. The summed E-state index contributed by atoms with van der Waals surface area (Å²) >= 11 is 0. The summed E-state index contributed by atoms with van der Waals surface area (Å²) in [6.07, 6.45) is -3.90. The maximum absolute atomic E-state index is 12.7. The summed E-state index contributed by atoms with van der Waals surface area (Å²) < 4.78 is 50.2. The van der Waals surface area contributed by atoms with E-state index in [1.54, 1.807) is 39.0 Å². The zero-order chi connectivity index (χ0) is 21.2. The Kier molecular flexibility index (Phi) is 5.41. The zero-order valence-electron chi connectivity index (χ0n) is 16.1. The van der Waals surface area contributed by atoms with Gasteiger partial charge in [-0.1, -0.05) is 24.3 Å². The molecule has 0 atom stereocenters. The molecule has 0 bridgehead atoms. The third-order valence-electron chi connectivity index (χ3n) is 3.80. The van der Waals surface area contributed by atoms with Crippen LogP contribution in [0.25, 0.3) is 17.2 Å². The molecule has 0 aliphatic rings. The third-order valence-corrected chi connectivity index (χ3v) is 3.80. The Morgan fingerprint density at radius 1 is 1.14 bits per heavy atom. The molecule has 1 aromatic carbocycles. The van der Waals surface area contributed by atoms with Crippen molar-refractivity contribution < 1.29 is 27.1 Å². The van der Waals surface area contributed by atoms with Gasteiger partial charge in [-0.2, -0.15) is 18.3 Å². The van der Waals surface area contributed by atoms with Crippen LogP contribution in [-0.4, -0.2) is 21.5 Å². The number of nitrogens with zero attached hydrogens (tertiary/aromatic N) is 2. The van der Waals surface area contributed by atoms with Crippen molar-refractivity contribution in [3.8, 4) is 17.2 Å². The lowest BCUT2D eigenvalue weighted by Gasteiger charge is -2.20. The number of halogens is 3. The molecular formula is C20H20F3N3O3. The van der Waals surface area contributed by atoms with Gasteiger partial charge in [-0.3, -0.25) is 0 Å². The molecule has 1 amide bonds. The third kappa shape index (κ3) is 5.18. The number of aromatic nitrogens is 2. The van der Waals surface area contributed by atoms with E-state index in [0.29, 0.717) is 11.3 Å². The Hall–Kier alpha value is -3.23. The molecule has 0 fully saturated rings. The van der Waals surface area contributed by atoms with Crippen molar-refractivity contribution in [1.29, 1.82) is 0 Å². The van der Waals surface area contributed by atoms with E-state index in [-0.39, 0.29) is 12.4 Å². The smallest absolute Gasteiger partial charge is 0.435 e. The SMILES string of the molecule is CC(C)(C)OC(=O)NCc1ccccc1-c1ccc(-n2ccc(C(F)(F)F)n2)o1. The Morgan fingerprint density at radius 3 is 2.52 bits per heavy atom. The highest BCUT2D eigenvalue weighted by Gasteiger charge is 2.33. The molecule has 0 saturated carbocycles. The lowest BCUT2D eigenvalue weighted by Crippen LogP contribution is -2.32. The molecule has 0 aliphatic carbocycles. The van der Waals surface area contributed by atoms with Gasteiger partial charge >= 0.3 is 12.3 Å². The van der Waals surface area contributed by atoms with Crippen molar-refractivity contribution in [2.45, 2.75) is 39.1 Å². The van der Waals surface area contributed by atoms with Crippen LogP contribution in [0, 0.1) is 0 Å². The van der Waals surface area contributed by atoms with E-state index < -0.39 is 23.6 Å². The molecule has 1 N–H and O–H groups in total. The van der Waals surface area contributed by atoms with Crippen molar-refractivity contribution in [2.24, 2.45) is 0 Å². The molecule has 154 valence electrons. The molecule has 0 aliphatic heterocycles. The first-order valence-corrected chi connectivity index (χ1v) is 8.81. The minimum atomic E-state index is -4.53. The topological polar surface area (TPSA) is 69.3 Å². The van der Waals surface area contributed by atoms with E-state index in [1.165, 1.54) is 12.3 Å². The number of benzene rings is 1. The van der Waals surface area contributed by atoms with Crippen molar-refractivity contribution in [2.75, 3.05) is 0 Å². The fourth-order valence-corrected chi connectivity index (χ4v) is 2.59. The van der Waals surface area contributed by atoms with Gasteiger partial charge in [0.05, 0.1) is 0 Å². The molecule has 9 heteroatoms. The highest BCUT2D eigenvalue weighted by atomic mass is 19.4. The number of rotatable bonds is 4. The molecule has 0 unspecified atom stereocenters. The summed E-state index contributed by atoms with van der Waals surface area (Å²) in [4.78, 5) is 11.9. The second kappa shape index (κ2) is 7.65. The van der Waals surface area contributed by atoms with Gasteiger partial charge < -0.3 is 14.5 Å². The van der Waals surface area contributed by atoms with Crippen molar-refractivity contribution in [1.82, 2.24) is 15.1 Å². The van der Waals surface area contributed by atoms with E-state index in [0.717, 1.165) is 16.3 Å². The van der Waals surface area contributed by atoms with Gasteiger partial charge in [0.1, 0.15) is 11.4 Å². The van der Waals surface area contributed by atoms with Crippen LogP contribution in [-0.2, 0) is 17.5 Å². The highest BCUT2D eigenvalue weighted by Crippen LogP contribution is 2.30. The number of nitrogens with one attached hydrogen (secondary N) is 1. The number of carbonyl (C=O) groups excluding carboxylic acids is 1. The highest BCUT2D eigenvalue weighted by molar-refractivity contribution is 5.69. The molecule has 0 radical (unpaired) electrons. The summed E-state index contributed by atoms with van der Waals surface area (Å²) in [5, 5.41) is 6.18. The zero-order valence-corrected chi connectivity index (χ0v) is 16.1. The minimum Gasteiger partial charge on any atom is -0.444 e. The lowest BCUT2D eigenvalue weighted by atomic mass is 10.1. The fraction of sp³-hybridized carbons (Fsp3) is 0.300. The quantitative estimate of drug-likeness (QED) is 0.647. The number of amides is 1. The fourth-order valence-electron chi connectivity index (χ4n) is 2.59. The molecule has 3 aromatic rings. The second-order valence-corrected chi connectivity index (χ2v) is 7.29. The standard InChI is InChI=1S/C20H20F3N3O3/c1-19(2,3)29-18(27)24-12-13-6-4-5-7-14(13)15-8-9-17(28-15)26-11-10-16(25-26)20(21,22)23/h4-11H,12H2,1-3H3,(H,24,27). The van der Waals surface area contributed by atoms with Crippen LogP contribution in [0.4, 0.5) is 18.0 Å². The average Bonchev–Trinajstić information content (AvgIpc) is 3.27. The second-order valence-electron chi connectivity index (χ2n) is 7.29. The molecule has 6 nitrogen and oxygen atoms in total. The summed E-state index contributed by atoms with van der Waals surface area (Å²) in [5.74, 6) is 0.580. The van der Waals surface area contributed by atoms with Gasteiger partial charge in [0.2, 0.25) is 5.88 Å². The largest absolute Gasteiger partial charge is 0.444 e. The molecular weight excluding hydrogens is 387 g/mol. The first kappa shape index (κ1) is 20.5. The van der Waals surface area contributed by atoms with Gasteiger partial charge in [0.15, 0.2) is 5.69 Å². The van der Waals surface area contributed by atoms with Crippen LogP contribution in [0.3, 0.4) is 0 Å². The number of furan rings is 1. The van der Waals surface area contributed by atoms with Crippen LogP contribution in [0.1, 0.15) is 32.0 Å². The molecule has 0 saturated heterocycles. The van der Waals surface area contributed by atoms with Crippen LogP contribution >= 0.6 is 0 Å². The molecule has 2 heterocycles. The van der Waals surface area contributed by atoms with E-state index in [1.807, 2.05) is 12.1 Å². The van der Waals surface area contributed by atoms with Crippen molar-refractivity contribution >= 4 is 6.09 Å². The normalized spacial score (nSPS) is 12.1. The maximum Gasteiger partial charge on any atom is 0.435 e. The van der Waals surface area contributed by atoms with Gasteiger partial charge in [0, 0.05) is 24.4 Å². The van der Waals surface area contributed by atoms with Gasteiger partial charge in [-0.05, 0) is 38.5 Å². The maximum atomic E-state index is 12.7. The van der Waals surface area contributed by atoms with Crippen LogP contribution < -0.4 is 5.32 Å². The molecule has 29 heavy (non-hydrogen) atoms. The summed E-state index contributed by atoms with van der Waals surface area (Å²) in [5.41, 5.74) is -0.162. The monoisotopic (exact) mass is 407 g/mol. The van der Waals surface area contributed by atoms with Gasteiger partial charge in [-0.25, -0.2) is 9.48 Å². The Balaban J connectivity index is 1.79. The van der Waals surface area contributed by atoms with Gasteiger partial charge in [0.25, 0.3) is 0 Å². The van der Waals surface area contributed by atoms with Crippen molar-refractivity contribution in [3.63, 3.8) is 0 Å². The predicted octanol–water partition coefficient (Wildman–Crippen LogP) is 5.18. The van der Waals surface area contributed by atoms with E-state index >= 15 is 0 Å². The number of hydrogen-bond acceptors (Lipinski definition) is 4. The first-order valence-electron chi connectivity index (χ1n) is 8.81. The average molecular weight is 407 g/mol. The minimum absolute atomic E-state index is 0.144. The Bertz CT molecular complexity index is 1000. The van der Waals surface area contributed by atoms with Gasteiger partial charge in [-0.15, -0.1) is 0 Å². The molecule has 3 rings (SSSR count). The van der Waals surface area contributed by atoms with E-state index in [9.17, 15) is 18.0 Å². The number of alkyl carbamates (subject to hydrolysis) is 1. The van der Waals surface area contributed by atoms with E-state index in [4.69, 9.17) is 9.15 Å². The molecule has 0 spiro atoms. The van der Waals surface area contributed by atoms with Crippen LogP contribution in [0.2, 0.25) is 0 Å². The number of hydrogen-bond donors (Lipinski definition) is 1. The predicted molar refractivity (Wildman–Crippen MR) is 99.3 cm³/mol. The lowest BCUT2D eigenvalue weighted by molar-refractivity contribution is -0.141. The Labute approximate surface area is 165 Å².